The lowest BCUT2D eigenvalue weighted by Crippen LogP contribution is -2.40. The van der Waals surface area contributed by atoms with Crippen molar-refractivity contribution in [2.24, 2.45) is 29.1 Å². The molecule has 1 nitrogen and oxygen atoms in total. The van der Waals surface area contributed by atoms with Crippen LogP contribution in [0, 0.1) is 29.1 Å². The summed E-state index contributed by atoms with van der Waals surface area (Å²) < 4.78 is 0. The third-order valence-electron chi connectivity index (χ3n) is 5.74. The first-order valence-electron chi connectivity index (χ1n) is 7.23. The molecule has 0 heterocycles. The van der Waals surface area contributed by atoms with Gasteiger partial charge in [0.25, 0.3) is 0 Å². The smallest absolute Gasteiger partial charge is 0.0597 e. The second kappa shape index (κ2) is 4.42. The van der Waals surface area contributed by atoms with Crippen molar-refractivity contribution in [2.45, 2.75) is 59.5 Å². The zero-order valence-electron chi connectivity index (χ0n) is 11.9. The molecule has 0 spiro atoms. The van der Waals surface area contributed by atoms with Crippen LogP contribution in [0.2, 0.25) is 0 Å². The molecule has 0 aromatic heterocycles. The Morgan fingerprint density at radius 2 is 2.00 bits per heavy atom. The Bertz CT molecular complexity index is 307. The Labute approximate surface area is 106 Å². The molecule has 0 radical (unpaired) electrons. The molecule has 0 saturated heterocycles. The van der Waals surface area contributed by atoms with Crippen LogP contribution in [0.25, 0.3) is 0 Å². The molecule has 2 aliphatic rings. The first kappa shape index (κ1) is 13.1. The summed E-state index contributed by atoms with van der Waals surface area (Å²) in [5.41, 5.74) is 1.81. The quantitative estimate of drug-likeness (QED) is 0.718. The van der Waals surface area contributed by atoms with Crippen molar-refractivity contribution in [3.63, 3.8) is 0 Å². The summed E-state index contributed by atoms with van der Waals surface area (Å²) in [4.78, 5) is 0. The van der Waals surface area contributed by atoms with Gasteiger partial charge >= 0.3 is 0 Å². The molecule has 98 valence electrons. The molecule has 2 aliphatic carbocycles. The van der Waals surface area contributed by atoms with E-state index in [1.165, 1.54) is 31.3 Å². The van der Waals surface area contributed by atoms with Crippen molar-refractivity contribution >= 4 is 0 Å². The Kier molecular flexibility index (Phi) is 3.42. The van der Waals surface area contributed by atoms with Crippen LogP contribution in [-0.4, -0.2) is 11.2 Å². The molecule has 0 aliphatic heterocycles. The first-order chi connectivity index (χ1) is 7.88. The van der Waals surface area contributed by atoms with Gasteiger partial charge in [0, 0.05) is 0 Å². The van der Waals surface area contributed by atoms with Gasteiger partial charge in [-0.15, -0.1) is 0 Å². The SMILES string of the molecule is C=C1CCC(C)C2(C)CCC(C(O)C(C)C)C12. The van der Waals surface area contributed by atoms with Gasteiger partial charge in [0.1, 0.15) is 0 Å². The van der Waals surface area contributed by atoms with E-state index in [2.05, 4.69) is 34.3 Å². The van der Waals surface area contributed by atoms with Gasteiger partial charge in [-0.2, -0.15) is 0 Å². The van der Waals surface area contributed by atoms with E-state index in [9.17, 15) is 5.11 Å². The molecule has 2 fully saturated rings. The second-order valence-corrected chi connectivity index (χ2v) is 7.02. The van der Waals surface area contributed by atoms with Crippen LogP contribution in [0.1, 0.15) is 53.4 Å². The van der Waals surface area contributed by atoms with Crippen LogP contribution in [0.5, 0.6) is 0 Å². The summed E-state index contributed by atoms with van der Waals surface area (Å²) >= 11 is 0. The molecular formula is C16H28O. The minimum Gasteiger partial charge on any atom is -0.393 e. The Balaban J connectivity index is 2.26. The molecule has 17 heavy (non-hydrogen) atoms. The predicted octanol–water partition coefficient (Wildman–Crippen LogP) is 4.02. The lowest BCUT2D eigenvalue weighted by molar-refractivity contribution is 0.0181. The third kappa shape index (κ3) is 1.97. The fraction of sp³-hybridized carbons (Fsp3) is 0.875. The molecule has 1 N–H and O–H groups in total. The topological polar surface area (TPSA) is 20.2 Å². The highest BCUT2D eigenvalue weighted by Crippen LogP contribution is 2.60. The molecule has 1 heteroatoms. The largest absolute Gasteiger partial charge is 0.393 e. The second-order valence-electron chi connectivity index (χ2n) is 7.02. The van der Waals surface area contributed by atoms with Crippen molar-refractivity contribution in [2.75, 3.05) is 0 Å². The number of allylic oxidation sites excluding steroid dienone is 1. The lowest BCUT2D eigenvalue weighted by atomic mass is 9.59. The minimum absolute atomic E-state index is 0.149. The van der Waals surface area contributed by atoms with E-state index < -0.39 is 0 Å². The van der Waals surface area contributed by atoms with Gasteiger partial charge in [-0.25, -0.2) is 0 Å². The van der Waals surface area contributed by atoms with Crippen LogP contribution in [-0.2, 0) is 0 Å². The number of aliphatic hydroxyl groups excluding tert-OH is 1. The maximum absolute atomic E-state index is 10.4. The summed E-state index contributed by atoms with van der Waals surface area (Å²) in [6.45, 7) is 13.4. The molecule has 5 atom stereocenters. The van der Waals surface area contributed by atoms with Crippen molar-refractivity contribution in [3.8, 4) is 0 Å². The van der Waals surface area contributed by atoms with Gasteiger partial charge in [-0.3, -0.25) is 0 Å². The standard InChI is InChI=1S/C16H28O/c1-10(2)15(17)13-8-9-16(5)12(4)7-6-11(3)14(13)16/h10,12-15,17H,3,6-9H2,1-2,4-5H3. The average molecular weight is 236 g/mol. The normalized spacial score (nSPS) is 43.9. The van der Waals surface area contributed by atoms with Crippen LogP contribution in [0.15, 0.2) is 12.2 Å². The average Bonchev–Trinajstić information content (AvgIpc) is 2.63. The van der Waals surface area contributed by atoms with Crippen LogP contribution >= 0.6 is 0 Å². The fourth-order valence-corrected chi connectivity index (χ4v) is 4.36. The number of hydrogen-bond acceptors (Lipinski definition) is 1. The molecule has 0 amide bonds. The molecule has 5 unspecified atom stereocenters. The van der Waals surface area contributed by atoms with E-state index in [1.807, 2.05) is 0 Å². The van der Waals surface area contributed by atoms with Gasteiger partial charge < -0.3 is 5.11 Å². The van der Waals surface area contributed by atoms with E-state index in [0.29, 0.717) is 23.2 Å². The fourth-order valence-electron chi connectivity index (χ4n) is 4.36. The highest BCUT2D eigenvalue weighted by Gasteiger charge is 2.53. The van der Waals surface area contributed by atoms with Crippen molar-refractivity contribution in [1.82, 2.24) is 0 Å². The van der Waals surface area contributed by atoms with Gasteiger partial charge in [0.05, 0.1) is 6.10 Å². The van der Waals surface area contributed by atoms with E-state index >= 15 is 0 Å². The predicted molar refractivity (Wildman–Crippen MR) is 72.7 cm³/mol. The highest BCUT2D eigenvalue weighted by molar-refractivity contribution is 5.17. The highest BCUT2D eigenvalue weighted by atomic mass is 16.3. The maximum atomic E-state index is 10.4. The summed E-state index contributed by atoms with van der Waals surface area (Å²) in [5.74, 6) is 2.16. The van der Waals surface area contributed by atoms with Crippen molar-refractivity contribution < 1.29 is 5.11 Å². The zero-order chi connectivity index (χ0) is 12.8. The number of rotatable bonds is 2. The molecule has 2 saturated carbocycles. The van der Waals surface area contributed by atoms with E-state index in [1.54, 1.807) is 0 Å². The van der Waals surface area contributed by atoms with Gasteiger partial charge in [-0.05, 0) is 54.8 Å². The molecule has 0 aromatic carbocycles. The van der Waals surface area contributed by atoms with Gasteiger partial charge in [0.2, 0.25) is 0 Å². The summed E-state index contributed by atoms with van der Waals surface area (Å²) in [7, 11) is 0. The van der Waals surface area contributed by atoms with E-state index in [4.69, 9.17) is 0 Å². The number of aliphatic hydroxyl groups is 1. The third-order valence-corrected chi connectivity index (χ3v) is 5.74. The van der Waals surface area contributed by atoms with Gasteiger partial charge in [-0.1, -0.05) is 39.8 Å². The Hall–Kier alpha value is -0.300. The Morgan fingerprint density at radius 3 is 2.59 bits per heavy atom. The summed E-state index contributed by atoms with van der Waals surface area (Å²) in [6.07, 6.45) is 4.76. The van der Waals surface area contributed by atoms with Crippen molar-refractivity contribution in [1.29, 1.82) is 0 Å². The number of hydrogen-bond donors (Lipinski definition) is 1. The lowest BCUT2D eigenvalue weighted by Gasteiger charge is -2.46. The van der Waals surface area contributed by atoms with Crippen LogP contribution in [0.3, 0.4) is 0 Å². The van der Waals surface area contributed by atoms with Gasteiger partial charge in [0.15, 0.2) is 0 Å². The summed E-state index contributed by atoms with van der Waals surface area (Å²) in [6, 6.07) is 0. The minimum atomic E-state index is -0.149. The van der Waals surface area contributed by atoms with E-state index in [0.717, 1.165) is 5.92 Å². The molecule has 0 aromatic rings. The van der Waals surface area contributed by atoms with E-state index in [-0.39, 0.29) is 6.10 Å². The molecule has 0 bridgehead atoms. The first-order valence-corrected chi connectivity index (χ1v) is 7.23. The monoisotopic (exact) mass is 236 g/mol. The van der Waals surface area contributed by atoms with Crippen LogP contribution in [0.4, 0.5) is 0 Å². The van der Waals surface area contributed by atoms with Crippen molar-refractivity contribution in [3.05, 3.63) is 12.2 Å². The number of fused-ring (bicyclic) bond motifs is 1. The molecule has 2 rings (SSSR count). The van der Waals surface area contributed by atoms with Crippen LogP contribution < -0.4 is 0 Å². The zero-order valence-corrected chi connectivity index (χ0v) is 11.9. The molecular weight excluding hydrogens is 208 g/mol. The Morgan fingerprint density at radius 1 is 1.35 bits per heavy atom. The summed E-state index contributed by atoms with van der Waals surface area (Å²) in [5, 5.41) is 10.4. The maximum Gasteiger partial charge on any atom is 0.0597 e.